The second-order valence-corrected chi connectivity index (χ2v) is 20.9. The molecule has 0 aromatic heterocycles. The quantitative estimate of drug-likeness (QED) is 0.0403. The van der Waals surface area contributed by atoms with Crippen LogP contribution in [0.5, 0.6) is 5.75 Å². The summed E-state index contributed by atoms with van der Waals surface area (Å²) in [5, 5.41) is 19.3. The lowest BCUT2D eigenvalue weighted by molar-refractivity contribution is -0.136. The largest absolute Gasteiger partial charge is 0.494 e. The predicted octanol–water partition coefficient (Wildman–Crippen LogP) is -0.0728. The van der Waals surface area contributed by atoms with Crippen molar-refractivity contribution in [2.75, 3.05) is 32.0 Å². The molecule has 1 spiro atoms. The van der Waals surface area contributed by atoms with Crippen molar-refractivity contribution in [3.63, 3.8) is 0 Å². The number of hydrogen-bond acceptors (Lipinski definition) is 13. The molecule has 1 aliphatic carbocycles. The van der Waals surface area contributed by atoms with Crippen LogP contribution in [-0.4, -0.2) is 126 Å². The van der Waals surface area contributed by atoms with Crippen LogP contribution < -0.4 is 64.9 Å². The van der Waals surface area contributed by atoms with Crippen LogP contribution in [0, 0.1) is 5.92 Å². The molecule has 23 heteroatoms. The second kappa shape index (κ2) is 29.3. The van der Waals surface area contributed by atoms with Crippen molar-refractivity contribution in [3.05, 3.63) is 65.7 Å². The molecule has 21 nitrogen and oxygen atoms in total. The van der Waals surface area contributed by atoms with Gasteiger partial charge in [-0.3, -0.25) is 43.3 Å². The average Bonchev–Trinajstić information content (AvgIpc) is 3.33. The number of carbonyl (C=O) groups is 8. The molecule has 15 N–H and O–H groups in total. The summed E-state index contributed by atoms with van der Waals surface area (Å²) in [4.78, 5) is 115. The molecule has 0 radical (unpaired) electrons. The van der Waals surface area contributed by atoms with E-state index in [1.165, 1.54) is 21.6 Å². The van der Waals surface area contributed by atoms with Crippen LogP contribution in [-0.2, 0) is 51.2 Å². The summed E-state index contributed by atoms with van der Waals surface area (Å²) in [7, 11) is 2.66. The fraction of sp³-hybridized carbons (Fsp3) is 0.562. The average molecular weight is 1030 g/mol. The molecule has 2 aromatic carbocycles. The Balaban J connectivity index is 1.76. The van der Waals surface area contributed by atoms with E-state index in [2.05, 4.69) is 42.2 Å². The lowest BCUT2D eigenvalue weighted by atomic mass is 9.85. The standard InChI is InChI=1S/C48H72N12O9S2/c1-4-69-32-17-15-31(16-18-32)25-35-43(65)58-36(24-30-12-7-5-8-13-30)44(66)60-40(29(2)3)46(68)57-34(19-22-49)42(64)59-37(28-70-71-48(26-39(62)55-35)20-9-6-10-21-48)45(67)56-33(14-11-23-53-47(51)52)41(63)54-27-38(50)61/h5,7-8,12-13,15-18,29,33-37,40H,4,6,9-11,14,19-28,49H2,1-3H3,(H2,50,61)(H,54,63)(H,55,62)(H,56,67)(H,57,68)(H,58,65)(H,59,64)(H,60,66)(H4,51,52,53)/t33-,34+,35-,36+,37+,40-/m0/s1. The van der Waals surface area contributed by atoms with Gasteiger partial charge in [-0.25, -0.2) is 0 Å². The van der Waals surface area contributed by atoms with Crippen molar-refractivity contribution in [1.29, 1.82) is 0 Å². The van der Waals surface area contributed by atoms with Crippen LogP contribution in [0.4, 0.5) is 0 Å². The Bertz CT molecular complexity index is 2140. The number of rotatable bonds is 18. The van der Waals surface area contributed by atoms with Gasteiger partial charge in [-0.1, -0.05) is 97.2 Å². The van der Waals surface area contributed by atoms with Gasteiger partial charge in [-0.05, 0) is 74.8 Å². The zero-order valence-corrected chi connectivity index (χ0v) is 42.4. The third-order valence-electron chi connectivity index (χ3n) is 11.9. The van der Waals surface area contributed by atoms with Crippen LogP contribution in [0.3, 0.4) is 0 Å². The number of guanidine groups is 1. The van der Waals surface area contributed by atoms with Crippen molar-refractivity contribution in [2.45, 2.75) is 132 Å². The van der Waals surface area contributed by atoms with Crippen LogP contribution in [0.25, 0.3) is 0 Å². The van der Waals surface area contributed by atoms with Gasteiger partial charge in [-0.15, -0.1) is 0 Å². The van der Waals surface area contributed by atoms with Crippen molar-refractivity contribution in [2.24, 2.45) is 33.8 Å². The zero-order valence-electron chi connectivity index (χ0n) is 40.8. The lowest BCUT2D eigenvalue weighted by Crippen LogP contribution is -2.61. The molecule has 1 aliphatic heterocycles. The summed E-state index contributed by atoms with van der Waals surface area (Å²) in [5.41, 5.74) is 23.6. The van der Waals surface area contributed by atoms with E-state index in [9.17, 15) is 38.4 Å². The molecule has 0 bridgehead atoms. The SMILES string of the molecule is CCOc1ccc(C[C@@H]2NC(=O)CC3(CCCCC3)SSC[C@H](C(=O)N[C@@H](CCCN=C(N)N)C(=O)NCC(N)=O)NC(=O)[C@@H](CCN)NC(=O)[C@H](C(C)C)NC(=O)[C@@H](Cc3ccccc3)NC2=O)cc1. The molecular weight excluding hydrogens is 953 g/mol. The molecule has 4 rings (SSSR count). The highest BCUT2D eigenvalue weighted by molar-refractivity contribution is 8.77. The smallest absolute Gasteiger partial charge is 0.244 e. The van der Waals surface area contributed by atoms with Crippen molar-refractivity contribution >= 4 is 74.8 Å². The van der Waals surface area contributed by atoms with Crippen molar-refractivity contribution in [3.8, 4) is 5.75 Å². The number of aliphatic imine (C=N–C) groups is 1. The first-order chi connectivity index (χ1) is 33.9. The molecule has 1 heterocycles. The molecule has 390 valence electrons. The summed E-state index contributed by atoms with van der Waals surface area (Å²) in [6.45, 7) is 5.31. The van der Waals surface area contributed by atoms with E-state index < -0.39 is 101 Å². The maximum Gasteiger partial charge on any atom is 0.244 e. The highest BCUT2D eigenvalue weighted by atomic mass is 33.1. The first kappa shape index (κ1) is 57.5. The Labute approximate surface area is 423 Å². The number of hydrogen-bond donors (Lipinski definition) is 11. The van der Waals surface area contributed by atoms with Crippen LogP contribution in [0.15, 0.2) is 59.6 Å². The lowest BCUT2D eigenvalue weighted by Gasteiger charge is -2.36. The van der Waals surface area contributed by atoms with E-state index in [1.807, 2.05) is 25.1 Å². The van der Waals surface area contributed by atoms with Crippen LogP contribution in [0.1, 0.15) is 89.7 Å². The maximum atomic E-state index is 14.6. The third-order valence-corrected chi connectivity index (χ3v) is 15.3. The van der Waals surface area contributed by atoms with Gasteiger partial charge >= 0.3 is 0 Å². The number of nitrogens with two attached hydrogens (primary N) is 4. The number of carbonyl (C=O) groups excluding carboxylic acids is 8. The van der Waals surface area contributed by atoms with Gasteiger partial charge in [0.25, 0.3) is 0 Å². The number of primary amides is 1. The highest BCUT2D eigenvalue weighted by Gasteiger charge is 2.39. The molecule has 71 heavy (non-hydrogen) atoms. The van der Waals surface area contributed by atoms with E-state index in [4.69, 9.17) is 27.7 Å². The number of ether oxygens (including phenoxy) is 1. The van der Waals surface area contributed by atoms with E-state index in [0.29, 0.717) is 25.2 Å². The highest BCUT2D eigenvalue weighted by Crippen LogP contribution is 2.48. The molecule has 2 aromatic rings. The zero-order chi connectivity index (χ0) is 51.9. The first-order valence-corrected chi connectivity index (χ1v) is 26.4. The van der Waals surface area contributed by atoms with Gasteiger partial charge in [0.1, 0.15) is 42.0 Å². The summed E-state index contributed by atoms with van der Waals surface area (Å²) in [6.07, 6.45) is 4.18. The minimum absolute atomic E-state index is 0.00740. The third kappa shape index (κ3) is 19.6. The number of nitrogens with zero attached hydrogens (tertiary/aromatic N) is 1. The fourth-order valence-electron chi connectivity index (χ4n) is 8.20. The first-order valence-electron chi connectivity index (χ1n) is 24.1. The van der Waals surface area contributed by atoms with Crippen molar-refractivity contribution in [1.82, 2.24) is 37.2 Å². The summed E-state index contributed by atoms with van der Waals surface area (Å²) in [5.74, 6) is -5.60. The molecule has 2 fully saturated rings. The minimum Gasteiger partial charge on any atom is -0.494 e. The molecule has 6 atom stereocenters. The van der Waals surface area contributed by atoms with Gasteiger partial charge in [0.15, 0.2) is 5.96 Å². The van der Waals surface area contributed by atoms with Gasteiger partial charge in [0, 0.05) is 36.3 Å². The van der Waals surface area contributed by atoms with Crippen LogP contribution >= 0.6 is 21.6 Å². The van der Waals surface area contributed by atoms with Crippen LogP contribution in [0.2, 0.25) is 0 Å². The maximum absolute atomic E-state index is 14.6. The number of benzene rings is 2. The Morgan fingerprint density at radius 2 is 1.42 bits per heavy atom. The summed E-state index contributed by atoms with van der Waals surface area (Å²) in [6, 6.07) is 8.83. The Hall–Kier alpha value is -6.07. The number of amides is 8. The Kier molecular flexibility index (Phi) is 23.7. The van der Waals surface area contributed by atoms with Gasteiger partial charge in [-0.2, -0.15) is 0 Å². The van der Waals surface area contributed by atoms with E-state index in [0.717, 1.165) is 30.4 Å². The summed E-state index contributed by atoms with van der Waals surface area (Å²) < 4.78 is 4.97. The Morgan fingerprint density at radius 1 is 0.803 bits per heavy atom. The molecule has 0 unspecified atom stereocenters. The molecular formula is C48H72N12O9S2. The predicted molar refractivity (Wildman–Crippen MR) is 274 cm³/mol. The second-order valence-electron chi connectivity index (χ2n) is 18.1. The summed E-state index contributed by atoms with van der Waals surface area (Å²) >= 11 is 0. The number of nitrogens with one attached hydrogen (secondary N) is 7. The molecule has 8 amide bonds. The van der Waals surface area contributed by atoms with Gasteiger partial charge in [0.05, 0.1) is 13.2 Å². The fourth-order valence-corrected chi connectivity index (χ4v) is 11.6. The Morgan fingerprint density at radius 3 is 2.04 bits per heavy atom. The minimum atomic E-state index is -1.32. The van der Waals surface area contributed by atoms with E-state index in [-0.39, 0.29) is 63.3 Å². The molecule has 2 aliphatic rings. The van der Waals surface area contributed by atoms with Gasteiger partial charge < -0.3 is 64.9 Å². The van der Waals surface area contributed by atoms with Gasteiger partial charge in [0.2, 0.25) is 47.3 Å². The molecule has 1 saturated heterocycles. The van der Waals surface area contributed by atoms with Crippen molar-refractivity contribution < 1.29 is 43.1 Å². The monoisotopic (exact) mass is 1020 g/mol. The topological polar surface area (TPSA) is 346 Å². The van der Waals surface area contributed by atoms with E-state index in [1.54, 1.807) is 50.2 Å². The normalized spacial score (nSPS) is 22.0. The molecule has 1 saturated carbocycles. The van der Waals surface area contributed by atoms with E-state index >= 15 is 0 Å².